The highest BCUT2D eigenvalue weighted by Gasteiger charge is 2.30. The molecule has 1 amide bonds. The highest BCUT2D eigenvalue weighted by Crippen LogP contribution is 2.29. The minimum Gasteiger partial charge on any atom is -0.469 e. The summed E-state index contributed by atoms with van der Waals surface area (Å²) in [6.07, 6.45) is -4.68. The Morgan fingerprint density at radius 3 is 2.00 bits per heavy atom. The van der Waals surface area contributed by atoms with E-state index in [0.29, 0.717) is 0 Å². The zero-order valence-electron chi connectivity index (χ0n) is 13.1. The predicted molar refractivity (Wildman–Crippen MR) is 76.0 cm³/mol. The number of esters is 2. The van der Waals surface area contributed by atoms with Crippen LogP contribution < -0.4 is 0 Å². The van der Waals surface area contributed by atoms with E-state index in [1.807, 2.05) is 0 Å². The molecule has 0 aliphatic heterocycles. The van der Waals surface area contributed by atoms with Gasteiger partial charge in [-0.15, -0.1) is 0 Å². The van der Waals surface area contributed by atoms with Gasteiger partial charge < -0.3 is 14.4 Å². The summed E-state index contributed by atoms with van der Waals surface area (Å²) >= 11 is 0. The van der Waals surface area contributed by atoms with Crippen molar-refractivity contribution >= 4 is 17.8 Å². The van der Waals surface area contributed by atoms with E-state index >= 15 is 0 Å². The van der Waals surface area contributed by atoms with Crippen LogP contribution in [0.3, 0.4) is 0 Å². The van der Waals surface area contributed by atoms with Crippen LogP contribution in [0.1, 0.15) is 22.3 Å². The molecule has 9 heteroatoms. The van der Waals surface area contributed by atoms with Gasteiger partial charge in [-0.25, -0.2) is 0 Å². The first kappa shape index (κ1) is 19.5. The van der Waals surface area contributed by atoms with Crippen molar-refractivity contribution in [2.45, 2.75) is 12.6 Å². The van der Waals surface area contributed by atoms with Gasteiger partial charge in [0.2, 0.25) is 0 Å². The molecule has 24 heavy (non-hydrogen) atoms. The van der Waals surface area contributed by atoms with Gasteiger partial charge in [0.1, 0.15) is 6.54 Å². The third-order valence-electron chi connectivity index (χ3n) is 3.11. The van der Waals surface area contributed by atoms with Gasteiger partial charge >= 0.3 is 18.1 Å². The van der Waals surface area contributed by atoms with Gasteiger partial charge in [0.15, 0.2) is 0 Å². The summed E-state index contributed by atoms with van der Waals surface area (Å²) in [5.74, 6) is -2.01. The van der Waals surface area contributed by atoms with E-state index in [1.54, 1.807) is 0 Å². The van der Waals surface area contributed by atoms with Crippen molar-refractivity contribution in [1.82, 2.24) is 4.90 Å². The Morgan fingerprint density at radius 2 is 1.54 bits per heavy atom. The molecule has 0 unspecified atom stereocenters. The molecule has 132 valence electrons. The third kappa shape index (κ3) is 5.56. The minimum atomic E-state index is -4.52. The van der Waals surface area contributed by atoms with Crippen molar-refractivity contribution in [1.29, 1.82) is 0 Å². The number of halogens is 3. The first-order valence-corrected chi connectivity index (χ1v) is 6.79. The van der Waals surface area contributed by atoms with Crippen molar-refractivity contribution in [3.8, 4) is 0 Å². The number of alkyl halides is 3. The zero-order chi connectivity index (χ0) is 18.3. The molecule has 1 rings (SSSR count). The summed E-state index contributed by atoms with van der Waals surface area (Å²) in [6.45, 7) is -0.574. The Bertz CT molecular complexity index is 598. The number of rotatable bonds is 6. The summed E-state index contributed by atoms with van der Waals surface area (Å²) in [5, 5.41) is 0. The fourth-order valence-corrected chi connectivity index (χ4v) is 1.79. The van der Waals surface area contributed by atoms with E-state index in [4.69, 9.17) is 0 Å². The molecule has 0 aliphatic rings. The molecule has 0 N–H and O–H groups in total. The summed E-state index contributed by atoms with van der Waals surface area (Å²) < 4.78 is 46.5. The standard InChI is InChI=1S/C15H16F3NO5/c1-23-12(20)7-8-19(9-13(21)24-2)14(22)10-3-5-11(6-4-10)15(16,17)18/h3-6H,7-9H2,1-2H3. The van der Waals surface area contributed by atoms with E-state index in [1.165, 1.54) is 7.11 Å². The molecule has 6 nitrogen and oxygen atoms in total. The first-order chi connectivity index (χ1) is 11.2. The average molecular weight is 347 g/mol. The number of nitrogens with zero attached hydrogens (tertiary/aromatic N) is 1. The summed E-state index contributed by atoms with van der Waals surface area (Å²) in [4.78, 5) is 35.9. The van der Waals surface area contributed by atoms with Crippen LogP contribution >= 0.6 is 0 Å². The van der Waals surface area contributed by atoms with Crippen molar-refractivity contribution < 1.29 is 37.0 Å². The Labute approximate surface area is 136 Å². The molecule has 0 heterocycles. The fourth-order valence-electron chi connectivity index (χ4n) is 1.79. The molecule has 0 aliphatic carbocycles. The number of benzene rings is 1. The monoisotopic (exact) mass is 347 g/mol. The summed E-state index contributed by atoms with van der Waals surface area (Å²) in [5.41, 5.74) is -0.940. The Balaban J connectivity index is 2.93. The van der Waals surface area contributed by atoms with Gasteiger partial charge in [0.25, 0.3) is 5.91 Å². The predicted octanol–water partition coefficient (Wildman–Crippen LogP) is 1.88. The first-order valence-electron chi connectivity index (χ1n) is 6.79. The quantitative estimate of drug-likeness (QED) is 0.735. The van der Waals surface area contributed by atoms with Crippen LogP contribution in [0.4, 0.5) is 13.2 Å². The third-order valence-corrected chi connectivity index (χ3v) is 3.11. The van der Waals surface area contributed by atoms with Gasteiger partial charge in [-0.3, -0.25) is 14.4 Å². The van der Waals surface area contributed by atoms with Crippen LogP contribution in [0.2, 0.25) is 0 Å². The maximum Gasteiger partial charge on any atom is 0.416 e. The second kappa shape index (κ2) is 8.32. The normalized spacial score (nSPS) is 10.9. The zero-order valence-corrected chi connectivity index (χ0v) is 13.1. The number of carbonyl (C=O) groups excluding carboxylic acids is 3. The van der Waals surface area contributed by atoms with E-state index in [-0.39, 0.29) is 18.5 Å². The van der Waals surface area contributed by atoms with Gasteiger partial charge in [0.05, 0.1) is 26.2 Å². The van der Waals surface area contributed by atoms with Crippen LogP contribution in [0.15, 0.2) is 24.3 Å². The summed E-state index contributed by atoms with van der Waals surface area (Å²) in [6, 6.07) is 3.55. The van der Waals surface area contributed by atoms with Crippen molar-refractivity contribution in [2.24, 2.45) is 0 Å². The largest absolute Gasteiger partial charge is 0.469 e. The maximum absolute atomic E-state index is 12.5. The fraction of sp³-hybridized carbons (Fsp3) is 0.400. The van der Waals surface area contributed by atoms with Crippen molar-refractivity contribution in [2.75, 3.05) is 27.3 Å². The molecule has 0 spiro atoms. The van der Waals surface area contributed by atoms with E-state index in [0.717, 1.165) is 36.3 Å². The number of hydrogen-bond donors (Lipinski definition) is 0. The minimum absolute atomic E-state index is 0.0447. The van der Waals surface area contributed by atoms with Crippen LogP contribution in [-0.4, -0.2) is 50.1 Å². The molecule has 0 saturated heterocycles. The number of amides is 1. The molecule has 0 saturated carbocycles. The summed E-state index contributed by atoms with van der Waals surface area (Å²) in [7, 11) is 2.30. The average Bonchev–Trinajstić information content (AvgIpc) is 2.56. The van der Waals surface area contributed by atoms with Crippen LogP contribution in [0, 0.1) is 0 Å². The molecule has 0 radical (unpaired) electrons. The lowest BCUT2D eigenvalue weighted by atomic mass is 10.1. The topological polar surface area (TPSA) is 72.9 Å². The number of methoxy groups -OCH3 is 2. The highest BCUT2D eigenvalue weighted by molar-refractivity contribution is 5.96. The molecular formula is C15H16F3NO5. The van der Waals surface area contributed by atoms with Gasteiger partial charge in [-0.1, -0.05) is 0 Å². The number of carbonyl (C=O) groups is 3. The van der Waals surface area contributed by atoms with Crippen LogP contribution in [0.5, 0.6) is 0 Å². The second-order valence-electron chi connectivity index (χ2n) is 4.70. The molecular weight excluding hydrogens is 331 g/mol. The maximum atomic E-state index is 12.5. The van der Waals surface area contributed by atoms with E-state index in [2.05, 4.69) is 9.47 Å². The molecule has 0 fully saturated rings. The highest BCUT2D eigenvalue weighted by atomic mass is 19.4. The molecule has 0 bridgehead atoms. The smallest absolute Gasteiger partial charge is 0.416 e. The lowest BCUT2D eigenvalue weighted by molar-refractivity contribution is -0.143. The Hall–Kier alpha value is -2.58. The Kier molecular flexibility index (Phi) is 6.75. The SMILES string of the molecule is COC(=O)CCN(CC(=O)OC)C(=O)c1ccc(C(F)(F)F)cc1. The molecule has 1 aromatic carbocycles. The molecule has 0 atom stereocenters. The molecule has 1 aromatic rings. The van der Waals surface area contributed by atoms with Gasteiger partial charge in [-0.05, 0) is 24.3 Å². The van der Waals surface area contributed by atoms with Gasteiger partial charge in [0, 0.05) is 12.1 Å². The lowest BCUT2D eigenvalue weighted by Crippen LogP contribution is -2.37. The van der Waals surface area contributed by atoms with E-state index < -0.39 is 36.1 Å². The van der Waals surface area contributed by atoms with Crippen molar-refractivity contribution in [3.05, 3.63) is 35.4 Å². The molecule has 0 aromatic heterocycles. The van der Waals surface area contributed by atoms with Gasteiger partial charge in [-0.2, -0.15) is 13.2 Å². The van der Waals surface area contributed by atoms with Crippen LogP contribution in [0.25, 0.3) is 0 Å². The lowest BCUT2D eigenvalue weighted by Gasteiger charge is -2.21. The van der Waals surface area contributed by atoms with E-state index in [9.17, 15) is 27.6 Å². The number of ether oxygens (including phenoxy) is 2. The Morgan fingerprint density at radius 1 is 1.00 bits per heavy atom. The number of hydrogen-bond acceptors (Lipinski definition) is 5. The second-order valence-corrected chi connectivity index (χ2v) is 4.70. The van der Waals surface area contributed by atoms with Crippen molar-refractivity contribution in [3.63, 3.8) is 0 Å². The van der Waals surface area contributed by atoms with Crippen LogP contribution in [-0.2, 0) is 25.2 Å².